The van der Waals surface area contributed by atoms with Gasteiger partial charge in [-0.3, -0.25) is 0 Å². The molecule has 0 bridgehead atoms. The molecule has 0 aromatic heterocycles. The molecule has 0 spiro atoms. The Labute approximate surface area is 94.4 Å². The highest BCUT2D eigenvalue weighted by atomic mass is 16.7. The van der Waals surface area contributed by atoms with E-state index in [0.29, 0.717) is 13.4 Å². The van der Waals surface area contributed by atoms with E-state index in [9.17, 15) is 0 Å². The average molecular weight is 212 g/mol. The number of fused-ring (bicyclic) bond motifs is 1. The summed E-state index contributed by atoms with van der Waals surface area (Å²) in [4.78, 5) is 0. The molecule has 80 valence electrons. The summed E-state index contributed by atoms with van der Waals surface area (Å²) in [5, 5.41) is 0. The third-order valence-electron chi connectivity index (χ3n) is 2.72. The third kappa shape index (κ3) is 1.68. The fourth-order valence-corrected chi connectivity index (χ4v) is 1.90. The van der Waals surface area contributed by atoms with Crippen LogP contribution in [0.4, 0.5) is 0 Å². The maximum Gasteiger partial charge on any atom is 0.189 e. The average Bonchev–Trinajstić information content (AvgIpc) is 2.39. The number of benzene rings is 2. The summed E-state index contributed by atoms with van der Waals surface area (Å²) in [5.41, 5.74) is 3.54. The Morgan fingerprint density at radius 1 is 0.875 bits per heavy atom. The standard InChI is InChI=1S/C14H12O2/c1-2-4-11(5-3-1)12-6-7-14-13(8-12)9-15-10-16-14/h1-8H,9-10H2. The topological polar surface area (TPSA) is 18.5 Å². The molecule has 0 aliphatic carbocycles. The van der Waals surface area contributed by atoms with Crippen molar-refractivity contribution in [3.63, 3.8) is 0 Å². The minimum atomic E-state index is 0.359. The molecule has 1 heterocycles. The van der Waals surface area contributed by atoms with Gasteiger partial charge in [0.25, 0.3) is 0 Å². The Morgan fingerprint density at radius 3 is 2.62 bits per heavy atom. The van der Waals surface area contributed by atoms with Crippen molar-refractivity contribution in [1.29, 1.82) is 0 Å². The van der Waals surface area contributed by atoms with E-state index in [1.165, 1.54) is 11.1 Å². The maximum absolute atomic E-state index is 5.39. The first-order valence-electron chi connectivity index (χ1n) is 5.32. The van der Waals surface area contributed by atoms with Crippen molar-refractivity contribution < 1.29 is 9.47 Å². The van der Waals surface area contributed by atoms with Crippen LogP contribution >= 0.6 is 0 Å². The minimum absolute atomic E-state index is 0.359. The predicted molar refractivity (Wildman–Crippen MR) is 62.2 cm³/mol. The van der Waals surface area contributed by atoms with Crippen LogP contribution in [-0.2, 0) is 11.3 Å². The predicted octanol–water partition coefficient (Wildman–Crippen LogP) is 3.22. The molecule has 1 aliphatic heterocycles. The molecule has 0 amide bonds. The highest BCUT2D eigenvalue weighted by Crippen LogP contribution is 2.29. The molecular weight excluding hydrogens is 200 g/mol. The number of hydrogen-bond donors (Lipinski definition) is 0. The lowest BCUT2D eigenvalue weighted by atomic mass is 10.0. The van der Waals surface area contributed by atoms with Crippen molar-refractivity contribution in [3.05, 3.63) is 54.1 Å². The number of hydrogen-bond acceptors (Lipinski definition) is 2. The second-order valence-electron chi connectivity index (χ2n) is 3.80. The molecule has 0 saturated heterocycles. The van der Waals surface area contributed by atoms with E-state index in [4.69, 9.17) is 9.47 Å². The molecule has 16 heavy (non-hydrogen) atoms. The second-order valence-corrected chi connectivity index (χ2v) is 3.80. The molecule has 2 aromatic carbocycles. The lowest BCUT2D eigenvalue weighted by molar-refractivity contribution is -0.0163. The van der Waals surface area contributed by atoms with Gasteiger partial charge in [-0.15, -0.1) is 0 Å². The number of ether oxygens (including phenoxy) is 2. The van der Waals surface area contributed by atoms with Crippen LogP contribution in [0.5, 0.6) is 5.75 Å². The van der Waals surface area contributed by atoms with Crippen LogP contribution in [0.2, 0.25) is 0 Å². The Hall–Kier alpha value is -1.80. The molecule has 0 radical (unpaired) electrons. The monoisotopic (exact) mass is 212 g/mol. The van der Waals surface area contributed by atoms with E-state index >= 15 is 0 Å². The van der Waals surface area contributed by atoms with Crippen molar-refractivity contribution in [2.45, 2.75) is 6.61 Å². The van der Waals surface area contributed by atoms with Gasteiger partial charge < -0.3 is 9.47 Å². The summed E-state index contributed by atoms with van der Waals surface area (Å²) in [6.45, 7) is 0.994. The molecule has 0 N–H and O–H groups in total. The Kier molecular flexibility index (Phi) is 2.35. The van der Waals surface area contributed by atoms with Crippen LogP contribution < -0.4 is 4.74 Å². The van der Waals surface area contributed by atoms with Gasteiger partial charge in [-0.1, -0.05) is 36.4 Å². The minimum Gasteiger partial charge on any atom is -0.467 e. The normalized spacial score (nSPS) is 14.0. The molecule has 2 aromatic rings. The van der Waals surface area contributed by atoms with Crippen LogP contribution in [0.15, 0.2) is 48.5 Å². The zero-order valence-electron chi connectivity index (χ0n) is 8.85. The molecule has 0 saturated carbocycles. The van der Waals surface area contributed by atoms with Crippen LogP contribution in [0.1, 0.15) is 5.56 Å². The first-order valence-corrected chi connectivity index (χ1v) is 5.32. The maximum atomic E-state index is 5.39. The van der Waals surface area contributed by atoms with Gasteiger partial charge in [0.05, 0.1) is 6.61 Å². The van der Waals surface area contributed by atoms with Gasteiger partial charge >= 0.3 is 0 Å². The molecule has 2 heteroatoms. The molecule has 2 nitrogen and oxygen atoms in total. The first-order chi connectivity index (χ1) is 7.93. The van der Waals surface area contributed by atoms with Crippen molar-refractivity contribution in [2.75, 3.05) is 6.79 Å². The molecule has 1 aliphatic rings. The quantitative estimate of drug-likeness (QED) is 0.722. The molecule has 0 fully saturated rings. The Morgan fingerprint density at radius 2 is 1.75 bits per heavy atom. The first kappa shape index (κ1) is 9.43. The van der Waals surface area contributed by atoms with Crippen LogP contribution in [0.3, 0.4) is 0 Å². The highest BCUT2D eigenvalue weighted by molar-refractivity contribution is 5.65. The zero-order chi connectivity index (χ0) is 10.8. The highest BCUT2D eigenvalue weighted by Gasteiger charge is 2.10. The third-order valence-corrected chi connectivity index (χ3v) is 2.72. The van der Waals surface area contributed by atoms with E-state index in [1.54, 1.807) is 0 Å². The van der Waals surface area contributed by atoms with Crippen molar-refractivity contribution >= 4 is 0 Å². The fraction of sp³-hybridized carbons (Fsp3) is 0.143. The summed E-state index contributed by atoms with van der Waals surface area (Å²) < 4.78 is 10.7. The Balaban J connectivity index is 2.03. The van der Waals surface area contributed by atoms with E-state index in [1.807, 2.05) is 24.3 Å². The van der Waals surface area contributed by atoms with Gasteiger partial charge in [-0.25, -0.2) is 0 Å². The van der Waals surface area contributed by atoms with E-state index in [0.717, 1.165) is 11.3 Å². The summed E-state index contributed by atoms with van der Waals surface area (Å²) in [6, 6.07) is 16.5. The molecule has 0 unspecified atom stereocenters. The van der Waals surface area contributed by atoms with Crippen molar-refractivity contribution in [1.82, 2.24) is 0 Å². The summed E-state index contributed by atoms with van der Waals surface area (Å²) in [7, 11) is 0. The Bertz CT molecular complexity index is 491. The van der Waals surface area contributed by atoms with E-state index < -0.39 is 0 Å². The van der Waals surface area contributed by atoms with E-state index in [-0.39, 0.29) is 0 Å². The van der Waals surface area contributed by atoms with E-state index in [2.05, 4.69) is 24.3 Å². The van der Waals surface area contributed by atoms with Gasteiger partial charge in [0.2, 0.25) is 0 Å². The summed E-state index contributed by atoms with van der Waals surface area (Å²) >= 11 is 0. The molecular formula is C14H12O2. The summed E-state index contributed by atoms with van der Waals surface area (Å²) in [5.74, 6) is 0.936. The SMILES string of the molecule is c1ccc(-c2ccc3c(c2)COCO3)cc1. The van der Waals surface area contributed by atoms with Gasteiger partial charge in [0, 0.05) is 5.56 Å². The molecule has 0 atom stereocenters. The number of rotatable bonds is 1. The van der Waals surface area contributed by atoms with Gasteiger partial charge in [0.15, 0.2) is 6.79 Å². The van der Waals surface area contributed by atoms with Crippen molar-refractivity contribution in [2.24, 2.45) is 0 Å². The molecule has 3 rings (SSSR count). The lowest BCUT2D eigenvalue weighted by Crippen LogP contribution is -2.10. The smallest absolute Gasteiger partial charge is 0.189 e. The van der Waals surface area contributed by atoms with Gasteiger partial charge in [-0.05, 0) is 23.3 Å². The largest absolute Gasteiger partial charge is 0.467 e. The fourth-order valence-electron chi connectivity index (χ4n) is 1.90. The van der Waals surface area contributed by atoms with Crippen LogP contribution in [0.25, 0.3) is 11.1 Å². The van der Waals surface area contributed by atoms with Crippen LogP contribution in [0, 0.1) is 0 Å². The lowest BCUT2D eigenvalue weighted by Gasteiger charge is -2.18. The zero-order valence-corrected chi connectivity index (χ0v) is 8.85. The van der Waals surface area contributed by atoms with Crippen LogP contribution in [-0.4, -0.2) is 6.79 Å². The van der Waals surface area contributed by atoms with Gasteiger partial charge in [0.1, 0.15) is 5.75 Å². The summed E-state index contributed by atoms with van der Waals surface area (Å²) in [6.07, 6.45) is 0. The second kappa shape index (κ2) is 3.99. The van der Waals surface area contributed by atoms with Gasteiger partial charge in [-0.2, -0.15) is 0 Å². The van der Waals surface area contributed by atoms with Crippen molar-refractivity contribution in [3.8, 4) is 16.9 Å².